The van der Waals surface area contributed by atoms with E-state index in [1.165, 1.54) is 26.2 Å². The summed E-state index contributed by atoms with van der Waals surface area (Å²) in [7, 11) is 2.84. The number of anilines is 2. The molecule has 0 saturated carbocycles. The summed E-state index contributed by atoms with van der Waals surface area (Å²) in [6.45, 7) is 2.01. The van der Waals surface area contributed by atoms with E-state index in [4.69, 9.17) is 4.74 Å². The maximum atomic E-state index is 11.5. The van der Waals surface area contributed by atoms with Gasteiger partial charge in [0.15, 0.2) is 0 Å². The molecule has 26 heavy (non-hydrogen) atoms. The minimum atomic E-state index is -0.775. The molecular formula is C17H20N4O5. The van der Waals surface area contributed by atoms with Gasteiger partial charge >= 0.3 is 11.7 Å². The number of hydrogen-bond donors (Lipinski definition) is 2. The van der Waals surface area contributed by atoms with Crippen LogP contribution in [0.5, 0.6) is 5.75 Å². The van der Waals surface area contributed by atoms with Crippen molar-refractivity contribution in [2.45, 2.75) is 19.5 Å². The van der Waals surface area contributed by atoms with Gasteiger partial charge in [0.1, 0.15) is 17.6 Å². The molecule has 1 aromatic heterocycles. The second-order valence-corrected chi connectivity index (χ2v) is 5.41. The number of aromatic nitrogens is 1. The van der Waals surface area contributed by atoms with Gasteiger partial charge in [-0.25, -0.2) is 9.78 Å². The Morgan fingerprint density at radius 3 is 2.50 bits per heavy atom. The van der Waals surface area contributed by atoms with E-state index in [0.717, 1.165) is 11.3 Å². The number of hydrogen-bond acceptors (Lipinski definition) is 8. The van der Waals surface area contributed by atoms with E-state index in [1.807, 2.05) is 24.3 Å². The first kappa shape index (κ1) is 19.0. The maximum Gasteiger partial charge on any atom is 0.328 e. The maximum absolute atomic E-state index is 11.5. The average Bonchev–Trinajstić information content (AvgIpc) is 2.65. The van der Waals surface area contributed by atoms with Crippen LogP contribution in [0.4, 0.5) is 17.3 Å². The van der Waals surface area contributed by atoms with Crippen molar-refractivity contribution in [1.29, 1.82) is 0 Å². The molecule has 9 heteroatoms. The fraction of sp³-hybridized carbons (Fsp3) is 0.294. The van der Waals surface area contributed by atoms with Crippen LogP contribution in [0.25, 0.3) is 0 Å². The van der Waals surface area contributed by atoms with Gasteiger partial charge in [-0.05, 0) is 30.7 Å². The first-order valence-electron chi connectivity index (χ1n) is 7.81. The van der Waals surface area contributed by atoms with Gasteiger partial charge in [-0.2, -0.15) is 0 Å². The predicted molar refractivity (Wildman–Crippen MR) is 96.3 cm³/mol. The number of benzene rings is 1. The molecule has 0 aliphatic heterocycles. The summed E-state index contributed by atoms with van der Waals surface area (Å²) in [5.74, 6) is 0.641. The SMILES string of the molecule is COC(=O)C(C)Nc1nc(NCc2ccc(OC)cc2)ccc1[N+](=O)[O-]. The summed E-state index contributed by atoms with van der Waals surface area (Å²) in [5, 5.41) is 17.0. The molecule has 1 heterocycles. The van der Waals surface area contributed by atoms with Gasteiger partial charge in [0, 0.05) is 12.6 Å². The lowest BCUT2D eigenvalue weighted by atomic mass is 10.2. The summed E-state index contributed by atoms with van der Waals surface area (Å²) < 4.78 is 9.72. The molecule has 0 spiro atoms. The molecule has 2 N–H and O–H groups in total. The lowest BCUT2D eigenvalue weighted by Crippen LogP contribution is -2.28. The number of nitrogens with one attached hydrogen (secondary N) is 2. The van der Waals surface area contributed by atoms with E-state index < -0.39 is 16.9 Å². The number of pyridine rings is 1. The fourth-order valence-electron chi connectivity index (χ4n) is 2.18. The zero-order valence-corrected chi connectivity index (χ0v) is 14.7. The molecule has 0 amide bonds. The van der Waals surface area contributed by atoms with Gasteiger partial charge in [0.25, 0.3) is 0 Å². The summed E-state index contributed by atoms with van der Waals surface area (Å²) in [6.07, 6.45) is 0. The number of carbonyl (C=O) groups excluding carboxylic acids is 1. The second kappa shape index (κ2) is 8.65. The monoisotopic (exact) mass is 360 g/mol. The third-order valence-corrected chi connectivity index (χ3v) is 3.61. The molecule has 0 fully saturated rings. The molecule has 0 saturated heterocycles. The zero-order chi connectivity index (χ0) is 19.1. The second-order valence-electron chi connectivity index (χ2n) is 5.41. The Morgan fingerprint density at radius 1 is 1.23 bits per heavy atom. The van der Waals surface area contributed by atoms with Crippen LogP contribution in [0.2, 0.25) is 0 Å². The number of esters is 1. The third-order valence-electron chi connectivity index (χ3n) is 3.61. The number of carbonyl (C=O) groups is 1. The van der Waals surface area contributed by atoms with Crippen LogP contribution in [-0.4, -0.2) is 36.1 Å². The van der Waals surface area contributed by atoms with Gasteiger partial charge in [0.05, 0.1) is 19.1 Å². The van der Waals surface area contributed by atoms with Gasteiger partial charge in [-0.15, -0.1) is 0 Å². The van der Waals surface area contributed by atoms with E-state index in [9.17, 15) is 14.9 Å². The Hall–Kier alpha value is -3.36. The van der Waals surface area contributed by atoms with Crippen LogP contribution < -0.4 is 15.4 Å². The van der Waals surface area contributed by atoms with Gasteiger partial charge in [-0.1, -0.05) is 12.1 Å². The van der Waals surface area contributed by atoms with Crippen molar-refractivity contribution in [2.24, 2.45) is 0 Å². The molecule has 1 atom stereocenters. The topological polar surface area (TPSA) is 116 Å². The van der Waals surface area contributed by atoms with Gasteiger partial charge < -0.3 is 20.1 Å². The van der Waals surface area contributed by atoms with Crippen molar-refractivity contribution in [3.8, 4) is 5.75 Å². The molecule has 0 aliphatic rings. The standard InChI is InChI=1S/C17H20N4O5/c1-11(17(22)26-3)19-16-14(21(23)24)8-9-15(20-16)18-10-12-4-6-13(25-2)7-5-12/h4-9,11H,10H2,1-3H3,(H2,18,19,20). The Labute approximate surface area is 150 Å². The van der Waals surface area contributed by atoms with Crippen LogP contribution in [0.15, 0.2) is 36.4 Å². The molecule has 2 aromatic rings. The molecule has 1 unspecified atom stereocenters. The largest absolute Gasteiger partial charge is 0.497 e. The average molecular weight is 360 g/mol. The number of nitro groups is 1. The lowest BCUT2D eigenvalue weighted by Gasteiger charge is -2.13. The van der Waals surface area contributed by atoms with E-state index >= 15 is 0 Å². The molecule has 0 radical (unpaired) electrons. The Balaban J connectivity index is 2.14. The van der Waals surface area contributed by atoms with Crippen LogP contribution in [-0.2, 0) is 16.1 Å². The van der Waals surface area contributed by atoms with Crippen LogP contribution in [0, 0.1) is 10.1 Å². The van der Waals surface area contributed by atoms with Crippen molar-refractivity contribution in [2.75, 3.05) is 24.9 Å². The predicted octanol–water partition coefficient (Wildman–Crippen LogP) is 2.58. The first-order valence-corrected chi connectivity index (χ1v) is 7.81. The highest BCUT2D eigenvalue weighted by atomic mass is 16.6. The molecule has 0 bridgehead atoms. The van der Waals surface area contributed by atoms with Gasteiger partial charge in [0.2, 0.25) is 5.82 Å². The first-order chi connectivity index (χ1) is 12.4. The van der Waals surface area contributed by atoms with Crippen molar-refractivity contribution in [3.05, 3.63) is 52.1 Å². The van der Waals surface area contributed by atoms with Crippen molar-refractivity contribution >= 4 is 23.3 Å². The van der Waals surface area contributed by atoms with Crippen molar-refractivity contribution < 1.29 is 19.2 Å². The highest BCUT2D eigenvalue weighted by Crippen LogP contribution is 2.25. The van der Waals surface area contributed by atoms with Crippen LogP contribution >= 0.6 is 0 Å². The molecule has 1 aromatic carbocycles. The van der Waals surface area contributed by atoms with Crippen LogP contribution in [0.3, 0.4) is 0 Å². The Morgan fingerprint density at radius 2 is 1.92 bits per heavy atom. The van der Waals surface area contributed by atoms with E-state index in [2.05, 4.69) is 20.4 Å². The molecule has 138 valence electrons. The molecule has 2 rings (SSSR count). The zero-order valence-electron chi connectivity index (χ0n) is 14.7. The summed E-state index contributed by atoms with van der Waals surface area (Å²) >= 11 is 0. The van der Waals surface area contributed by atoms with E-state index in [1.54, 1.807) is 7.11 Å². The Bertz CT molecular complexity index is 779. The Kier molecular flexibility index (Phi) is 6.31. The molecule has 9 nitrogen and oxygen atoms in total. The quantitative estimate of drug-likeness (QED) is 0.419. The molecular weight excluding hydrogens is 340 g/mol. The number of nitrogens with zero attached hydrogens (tertiary/aromatic N) is 2. The highest BCUT2D eigenvalue weighted by Gasteiger charge is 2.21. The minimum Gasteiger partial charge on any atom is -0.497 e. The molecule has 0 aliphatic carbocycles. The number of methoxy groups -OCH3 is 2. The highest BCUT2D eigenvalue weighted by molar-refractivity contribution is 5.79. The van der Waals surface area contributed by atoms with Gasteiger partial charge in [-0.3, -0.25) is 10.1 Å². The fourth-order valence-corrected chi connectivity index (χ4v) is 2.18. The normalized spacial score (nSPS) is 11.3. The summed E-state index contributed by atoms with van der Waals surface area (Å²) in [5.41, 5.74) is 0.763. The summed E-state index contributed by atoms with van der Waals surface area (Å²) in [6, 6.07) is 9.54. The van der Waals surface area contributed by atoms with E-state index in [-0.39, 0.29) is 11.5 Å². The van der Waals surface area contributed by atoms with Crippen molar-refractivity contribution in [1.82, 2.24) is 4.98 Å². The smallest absolute Gasteiger partial charge is 0.328 e. The number of rotatable bonds is 8. The third kappa shape index (κ3) is 4.82. The minimum absolute atomic E-state index is 0.00682. The lowest BCUT2D eigenvalue weighted by molar-refractivity contribution is -0.384. The number of ether oxygens (including phenoxy) is 2. The van der Waals surface area contributed by atoms with E-state index in [0.29, 0.717) is 12.4 Å². The van der Waals surface area contributed by atoms with Crippen molar-refractivity contribution in [3.63, 3.8) is 0 Å². The summed E-state index contributed by atoms with van der Waals surface area (Å²) in [4.78, 5) is 26.3. The van der Waals surface area contributed by atoms with Crippen LogP contribution in [0.1, 0.15) is 12.5 Å².